The largest absolute Gasteiger partial charge is 0.359 e. The van der Waals surface area contributed by atoms with E-state index in [0.717, 1.165) is 36.6 Å². The molecule has 8 heteroatoms. The van der Waals surface area contributed by atoms with Crippen molar-refractivity contribution in [3.05, 3.63) is 40.9 Å². The van der Waals surface area contributed by atoms with Crippen LogP contribution in [0.2, 0.25) is 0 Å². The average molecular weight is 516 g/mol. The van der Waals surface area contributed by atoms with E-state index in [4.69, 9.17) is 4.74 Å². The summed E-state index contributed by atoms with van der Waals surface area (Å²) in [6, 6.07) is 6.71. The van der Waals surface area contributed by atoms with Gasteiger partial charge in [-0.1, -0.05) is 54.3 Å². The van der Waals surface area contributed by atoms with Crippen molar-refractivity contribution in [3.63, 3.8) is 0 Å². The molecule has 33 heavy (non-hydrogen) atoms. The van der Waals surface area contributed by atoms with Gasteiger partial charge in [-0.05, 0) is 43.5 Å². The van der Waals surface area contributed by atoms with Gasteiger partial charge >= 0.3 is 0 Å². The number of halogens is 1. The Balaban J connectivity index is 1.41. The van der Waals surface area contributed by atoms with Crippen molar-refractivity contribution in [1.82, 2.24) is 10.2 Å². The Hall–Kier alpha value is -2.19. The highest BCUT2D eigenvalue weighted by atomic mass is 79.9. The van der Waals surface area contributed by atoms with Crippen molar-refractivity contribution in [3.8, 4) is 0 Å². The fraction of sp³-hybridized carbons (Fsp3) is 0.560. The predicted molar refractivity (Wildman–Crippen MR) is 127 cm³/mol. The van der Waals surface area contributed by atoms with E-state index < -0.39 is 29.6 Å². The molecule has 5 rings (SSSR count). The van der Waals surface area contributed by atoms with Gasteiger partial charge in [0.15, 0.2) is 0 Å². The van der Waals surface area contributed by atoms with Gasteiger partial charge in [-0.2, -0.15) is 0 Å². The summed E-state index contributed by atoms with van der Waals surface area (Å²) >= 11 is 3.40. The Morgan fingerprint density at radius 2 is 1.88 bits per heavy atom. The van der Waals surface area contributed by atoms with E-state index in [1.54, 1.807) is 4.90 Å². The molecule has 3 heterocycles. The van der Waals surface area contributed by atoms with Crippen LogP contribution in [0, 0.1) is 11.8 Å². The van der Waals surface area contributed by atoms with Gasteiger partial charge in [0.1, 0.15) is 11.6 Å². The summed E-state index contributed by atoms with van der Waals surface area (Å²) in [6.07, 6.45) is 9.28. The third kappa shape index (κ3) is 3.81. The van der Waals surface area contributed by atoms with Gasteiger partial charge in [0.25, 0.3) is 0 Å². The molecular formula is C25H30BrN3O4. The molecule has 1 saturated carbocycles. The number of likely N-dealkylation sites (tertiary alicyclic amines) is 1. The lowest BCUT2D eigenvalue weighted by atomic mass is 9.74. The summed E-state index contributed by atoms with van der Waals surface area (Å²) in [5, 5.41) is 6.13. The van der Waals surface area contributed by atoms with Crippen LogP contribution >= 0.6 is 15.9 Å². The standard InChI is InChI=1S/C25H30BrN3O4/c1-2-14-29-21(23(31)28-16-6-4-3-5-7-16)25-13-12-18(33-25)19(20(25)24(29)32)22(30)27-17-10-8-15(26)9-11-17/h8-13,16,18-21H,2-7,14H2,1H3,(H,27,30)(H,28,31)/t18-,19?,20-,21?,25?/m1/s1. The van der Waals surface area contributed by atoms with Crippen LogP contribution in [0.5, 0.6) is 0 Å². The van der Waals surface area contributed by atoms with Gasteiger partial charge in [0.2, 0.25) is 17.7 Å². The molecule has 1 spiro atoms. The van der Waals surface area contributed by atoms with Gasteiger partial charge < -0.3 is 20.3 Å². The number of hydrogen-bond acceptors (Lipinski definition) is 4. The number of nitrogens with one attached hydrogen (secondary N) is 2. The zero-order valence-electron chi connectivity index (χ0n) is 18.8. The molecule has 5 atom stereocenters. The number of amides is 3. The van der Waals surface area contributed by atoms with E-state index in [1.807, 2.05) is 43.3 Å². The summed E-state index contributed by atoms with van der Waals surface area (Å²) in [6.45, 7) is 2.45. The maximum Gasteiger partial charge on any atom is 0.246 e. The molecule has 176 valence electrons. The molecule has 1 aliphatic carbocycles. The summed E-state index contributed by atoms with van der Waals surface area (Å²) in [5.74, 6) is -1.94. The molecule has 3 aliphatic heterocycles. The number of anilines is 1. The zero-order valence-corrected chi connectivity index (χ0v) is 20.3. The first-order chi connectivity index (χ1) is 15.9. The molecule has 4 aliphatic rings. The van der Waals surface area contributed by atoms with Gasteiger partial charge in [-0.25, -0.2) is 0 Å². The number of carbonyl (C=O) groups is 3. The predicted octanol–water partition coefficient (Wildman–Crippen LogP) is 3.40. The van der Waals surface area contributed by atoms with Crippen LogP contribution < -0.4 is 10.6 Å². The van der Waals surface area contributed by atoms with Gasteiger partial charge in [-0.3, -0.25) is 14.4 Å². The second kappa shape index (κ2) is 8.87. The van der Waals surface area contributed by atoms with Gasteiger partial charge in [-0.15, -0.1) is 0 Å². The van der Waals surface area contributed by atoms with Crippen molar-refractivity contribution >= 4 is 39.3 Å². The Kier molecular flexibility index (Phi) is 6.07. The average Bonchev–Trinajstić information content (AvgIpc) is 3.44. The lowest BCUT2D eigenvalue weighted by Gasteiger charge is -2.34. The first-order valence-corrected chi connectivity index (χ1v) is 12.8. The van der Waals surface area contributed by atoms with Crippen molar-refractivity contribution in [2.45, 2.75) is 69.2 Å². The monoisotopic (exact) mass is 515 g/mol. The molecule has 1 aromatic rings. The topological polar surface area (TPSA) is 87.7 Å². The minimum absolute atomic E-state index is 0.138. The third-order valence-electron chi connectivity index (χ3n) is 7.45. The Morgan fingerprint density at radius 3 is 2.58 bits per heavy atom. The van der Waals surface area contributed by atoms with Crippen LogP contribution in [0.4, 0.5) is 5.69 Å². The maximum absolute atomic E-state index is 13.6. The maximum atomic E-state index is 13.6. The number of benzene rings is 1. The summed E-state index contributed by atoms with van der Waals surface area (Å²) < 4.78 is 7.26. The fourth-order valence-corrected chi connectivity index (χ4v) is 6.30. The molecule has 0 radical (unpaired) electrons. The first-order valence-electron chi connectivity index (χ1n) is 12.0. The number of ether oxygens (including phenoxy) is 1. The second-order valence-corrected chi connectivity index (χ2v) is 10.5. The number of nitrogens with zero attached hydrogens (tertiary/aromatic N) is 1. The highest BCUT2D eigenvalue weighted by Crippen LogP contribution is 2.55. The first kappa shape index (κ1) is 22.6. The van der Waals surface area contributed by atoms with E-state index in [2.05, 4.69) is 26.6 Å². The highest BCUT2D eigenvalue weighted by Gasteiger charge is 2.72. The molecule has 3 amide bonds. The molecule has 3 fully saturated rings. The smallest absolute Gasteiger partial charge is 0.246 e. The summed E-state index contributed by atoms with van der Waals surface area (Å²) in [7, 11) is 0. The van der Waals surface area contributed by atoms with E-state index in [1.165, 1.54) is 6.42 Å². The number of hydrogen-bond donors (Lipinski definition) is 2. The van der Waals surface area contributed by atoms with Crippen LogP contribution in [0.3, 0.4) is 0 Å². The summed E-state index contributed by atoms with van der Waals surface area (Å²) in [4.78, 5) is 42.1. The molecule has 2 N–H and O–H groups in total. The van der Waals surface area contributed by atoms with Crippen LogP contribution in [0.15, 0.2) is 40.9 Å². The van der Waals surface area contributed by atoms with Gasteiger partial charge in [0, 0.05) is 22.7 Å². The molecule has 0 aromatic heterocycles. The van der Waals surface area contributed by atoms with Gasteiger partial charge in [0.05, 0.1) is 17.9 Å². The van der Waals surface area contributed by atoms with E-state index in [0.29, 0.717) is 12.2 Å². The van der Waals surface area contributed by atoms with Crippen molar-refractivity contribution < 1.29 is 19.1 Å². The van der Waals surface area contributed by atoms with Crippen LogP contribution in [0.1, 0.15) is 45.4 Å². The van der Waals surface area contributed by atoms with Crippen molar-refractivity contribution in [1.29, 1.82) is 0 Å². The van der Waals surface area contributed by atoms with Crippen LogP contribution in [-0.2, 0) is 19.1 Å². The Bertz CT molecular complexity index is 974. The normalized spacial score (nSPS) is 32.8. The minimum atomic E-state index is -1.09. The molecule has 1 aromatic carbocycles. The molecular weight excluding hydrogens is 486 g/mol. The number of rotatable bonds is 6. The van der Waals surface area contributed by atoms with Crippen LogP contribution in [0.25, 0.3) is 0 Å². The highest BCUT2D eigenvalue weighted by molar-refractivity contribution is 9.10. The van der Waals surface area contributed by atoms with E-state index in [9.17, 15) is 14.4 Å². The third-order valence-corrected chi connectivity index (χ3v) is 7.98. The lowest BCUT2D eigenvalue weighted by Crippen LogP contribution is -2.56. The minimum Gasteiger partial charge on any atom is -0.359 e. The Labute approximate surface area is 202 Å². The van der Waals surface area contributed by atoms with Crippen molar-refractivity contribution in [2.24, 2.45) is 11.8 Å². The quantitative estimate of drug-likeness (QED) is 0.568. The Morgan fingerprint density at radius 1 is 1.15 bits per heavy atom. The molecule has 7 nitrogen and oxygen atoms in total. The molecule has 2 bridgehead atoms. The van der Waals surface area contributed by atoms with Crippen molar-refractivity contribution in [2.75, 3.05) is 11.9 Å². The second-order valence-electron chi connectivity index (χ2n) is 9.57. The lowest BCUT2D eigenvalue weighted by molar-refractivity contribution is -0.141. The fourth-order valence-electron chi connectivity index (χ4n) is 6.03. The summed E-state index contributed by atoms with van der Waals surface area (Å²) in [5.41, 5.74) is -0.427. The molecule has 3 unspecified atom stereocenters. The molecule has 2 saturated heterocycles. The SMILES string of the molecule is CCCN1C(=O)[C@H]2C(C(=O)Nc3ccc(Br)cc3)[C@H]3C=CC2(O3)C1C(=O)NC1CCCCC1. The van der Waals surface area contributed by atoms with Crippen LogP contribution in [-0.4, -0.2) is 53.0 Å². The van der Waals surface area contributed by atoms with E-state index in [-0.39, 0.29) is 23.8 Å². The van der Waals surface area contributed by atoms with E-state index >= 15 is 0 Å². The number of fused-ring (bicyclic) bond motifs is 1. The zero-order chi connectivity index (χ0) is 23.2. The number of carbonyl (C=O) groups excluding carboxylic acids is 3.